The summed E-state index contributed by atoms with van der Waals surface area (Å²) in [7, 11) is 1.87. The zero-order chi connectivity index (χ0) is 21.3. The first-order valence-corrected chi connectivity index (χ1v) is 10.1. The lowest BCUT2D eigenvalue weighted by molar-refractivity contribution is -0.137. The van der Waals surface area contributed by atoms with Crippen LogP contribution in [0.25, 0.3) is 11.1 Å². The maximum Gasteiger partial charge on any atom is 0.236 e. The van der Waals surface area contributed by atoms with E-state index in [1.165, 1.54) is 0 Å². The van der Waals surface area contributed by atoms with E-state index in [0.717, 1.165) is 28.1 Å². The normalized spacial score (nSPS) is 18.9. The highest BCUT2D eigenvalue weighted by Crippen LogP contribution is 2.41. The van der Waals surface area contributed by atoms with E-state index in [1.807, 2.05) is 68.7 Å². The zero-order valence-electron chi connectivity index (χ0n) is 16.8. The van der Waals surface area contributed by atoms with Crippen molar-refractivity contribution in [2.45, 2.75) is 31.8 Å². The predicted octanol–water partition coefficient (Wildman–Crippen LogP) is 4.01. The van der Waals surface area contributed by atoms with Gasteiger partial charge in [-0.25, -0.2) is 0 Å². The zero-order valence-corrected chi connectivity index (χ0v) is 17.6. The summed E-state index contributed by atoms with van der Waals surface area (Å²) < 4.78 is 7.53. The van der Waals surface area contributed by atoms with Crippen molar-refractivity contribution in [3.63, 3.8) is 0 Å². The van der Waals surface area contributed by atoms with Crippen LogP contribution in [0.2, 0.25) is 5.02 Å². The first-order valence-electron chi connectivity index (χ1n) is 9.72. The topological polar surface area (TPSA) is 73.2 Å². The van der Waals surface area contributed by atoms with Crippen LogP contribution >= 0.6 is 11.6 Å². The molecular weight excluding hydrogens is 402 g/mol. The Labute approximate surface area is 179 Å². The van der Waals surface area contributed by atoms with Gasteiger partial charge in [-0.05, 0) is 42.7 Å². The fourth-order valence-electron chi connectivity index (χ4n) is 3.67. The van der Waals surface area contributed by atoms with E-state index < -0.39 is 5.41 Å². The number of benzene rings is 2. The Hall–Kier alpha value is -3.12. The maximum atomic E-state index is 12.5. The van der Waals surface area contributed by atoms with E-state index in [4.69, 9.17) is 16.3 Å². The first kappa shape index (κ1) is 20.2. The predicted molar refractivity (Wildman–Crippen MR) is 114 cm³/mol. The number of hydrogen-bond acceptors (Lipinski definition) is 4. The highest BCUT2D eigenvalue weighted by Gasteiger charge is 2.41. The van der Waals surface area contributed by atoms with E-state index >= 15 is 0 Å². The fourth-order valence-corrected chi connectivity index (χ4v) is 4.11. The number of nitrogens with zero attached hydrogens (tertiary/aromatic N) is 2. The minimum atomic E-state index is -0.841. The van der Waals surface area contributed by atoms with Gasteiger partial charge in [0.2, 0.25) is 11.8 Å². The molecule has 0 bridgehead atoms. The van der Waals surface area contributed by atoms with Crippen LogP contribution in [0.4, 0.5) is 0 Å². The quantitative estimate of drug-likeness (QED) is 0.629. The van der Waals surface area contributed by atoms with Gasteiger partial charge < -0.3 is 4.74 Å². The van der Waals surface area contributed by atoms with E-state index in [2.05, 4.69) is 10.4 Å². The van der Waals surface area contributed by atoms with Gasteiger partial charge in [-0.1, -0.05) is 41.9 Å². The third-order valence-electron chi connectivity index (χ3n) is 5.52. The number of hydrogen-bond donors (Lipinski definition) is 1. The Kier molecular flexibility index (Phi) is 5.35. The molecule has 1 N–H and O–H groups in total. The second kappa shape index (κ2) is 7.95. The molecule has 30 heavy (non-hydrogen) atoms. The summed E-state index contributed by atoms with van der Waals surface area (Å²) in [5.41, 5.74) is 2.49. The molecule has 2 amide bonds. The molecule has 2 heterocycles. The number of halogens is 1. The van der Waals surface area contributed by atoms with Gasteiger partial charge in [0, 0.05) is 25.2 Å². The molecule has 0 saturated carbocycles. The fraction of sp³-hybridized carbons (Fsp3) is 0.261. The van der Waals surface area contributed by atoms with Crippen LogP contribution in [-0.2, 0) is 28.7 Å². The third-order valence-corrected chi connectivity index (χ3v) is 5.93. The second-order valence-electron chi connectivity index (χ2n) is 7.67. The SMILES string of the molecule is Cn1ccc(COc2ccc(-c3cccc([C@@]4(C)CCC(=O)NC4=O)c3Cl)cc2)n1. The molecule has 7 heteroatoms. The average molecular weight is 424 g/mol. The summed E-state index contributed by atoms with van der Waals surface area (Å²) in [6, 6.07) is 15.2. The molecule has 0 unspecified atom stereocenters. The van der Waals surface area contributed by atoms with Crippen LogP contribution in [0.5, 0.6) is 5.75 Å². The van der Waals surface area contributed by atoms with Crippen LogP contribution in [0.15, 0.2) is 54.7 Å². The summed E-state index contributed by atoms with van der Waals surface area (Å²) in [6.07, 6.45) is 2.60. The monoisotopic (exact) mass is 423 g/mol. The van der Waals surface area contributed by atoms with Crippen molar-refractivity contribution < 1.29 is 14.3 Å². The number of amides is 2. The first-order chi connectivity index (χ1) is 14.4. The highest BCUT2D eigenvalue weighted by molar-refractivity contribution is 6.34. The molecular formula is C23H22ClN3O3. The van der Waals surface area contributed by atoms with Crippen molar-refractivity contribution in [1.29, 1.82) is 0 Å². The summed E-state index contributed by atoms with van der Waals surface area (Å²) in [5, 5.41) is 7.25. The highest BCUT2D eigenvalue weighted by atomic mass is 35.5. The van der Waals surface area contributed by atoms with Gasteiger partial charge in [0.15, 0.2) is 0 Å². The lowest BCUT2D eigenvalue weighted by Gasteiger charge is -2.33. The molecule has 1 saturated heterocycles. The van der Waals surface area contributed by atoms with Gasteiger partial charge in [0.25, 0.3) is 0 Å². The molecule has 1 aromatic heterocycles. The van der Waals surface area contributed by atoms with Crippen molar-refractivity contribution in [3.8, 4) is 16.9 Å². The van der Waals surface area contributed by atoms with Crippen molar-refractivity contribution in [2.24, 2.45) is 7.05 Å². The Morgan fingerprint density at radius 3 is 2.60 bits per heavy atom. The number of ether oxygens (including phenoxy) is 1. The number of imide groups is 1. The summed E-state index contributed by atoms with van der Waals surface area (Å²) in [4.78, 5) is 24.1. The maximum absolute atomic E-state index is 12.5. The Balaban J connectivity index is 1.56. The van der Waals surface area contributed by atoms with Gasteiger partial charge >= 0.3 is 0 Å². The molecule has 2 aromatic carbocycles. The number of piperidine rings is 1. The molecule has 0 radical (unpaired) electrons. The Morgan fingerprint density at radius 2 is 1.93 bits per heavy atom. The van der Waals surface area contributed by atoms with Gasteiger partial charge in [0.05, 0.1) is 16.1 Å². The lowest BCUT2D eigenvalue weighted by atomic mass is 9.75. The average Bonchev–Trinajstić information content (AvgIpc) is 3.15. The third kappa shape index (κ3) is 3.83. The van der Waals surface area contributed by atoms with Gasteiger partial charge in [-0.3, -0.25) is 19.6 Å². The summed E-state index contributed by atoms with van der Waals surface area (Å²) >= 11 is 6.74. The minimum Gasteiger partial charge on any atom is -0.487 e. The van der Waals surface area contributed by atoms with Crippen molar-refractivity contribution in [2.75, 3.05) is 0 Å². The van der Waals surface area contributed by atoms with Gasteiger partial charge in [-0.2, -0.15) is 5.10 Å². The van der Waals surface area contributed by atoms with Gasteiger partial charge in [0.1, 0.15) is 12.4 Å². The number of rotatable bonds is 5. The van der Waals surface area contributed by atoms with Crippen molar-refractivity contribution in [1.82, 2.24) is 15.1 Å². The van der Waals surface area contributed by atoms with Gasteiger partial charge in [-0.15, -0.1) is 0 Å². The molecule has 3 aromatic rings. The van der Waals surface area contributed by atoms with Crippen LogP contribution < -0.4 is 10.1 Å². The Bertz CT molecular complexity index is 1110. The number of nitrogens with one attached hydrogen (secondary N) is 1. The molecule has 1 fully saturated rings. The van der Waals surface area contributed by atoms with Crippen molar-refractivity contribution >= 4 is 23.4 Å². The molecule has 1 aliphatic rings. The van der Waals surface area contributed by atoms with E-state index in [-0.39, 0.29) is 11.8 Å². The molecule has 4 rings (SSSR count). The molecule has 0 spiro atoms. The summed E-state index contributed by atoms with van der Waals surface area (Å²) in [5.74, 6) is 0.177. The number of aromatic nitrogens is 2. The van der Waals surface area contributed by atoms with Crippen LogP contribution in [0.1, 0.15) is 31.0 Å². The Morgan fingerprint density at radius 1 is 1.17 bits per heavy atom. The molecule has 1 atom stereocenters. The summed E-state index contributed by atoms with van der Waals surface area (Å²) in [6.45, 7) is 2.22. The molecule has 154 valence electrons. The second-order valence-corrected chi connectivity index (χ2v) is 8.05. The number of carbonyl (C=O) groups excluding carboxylic acids is 2. The minimum absolute atomic E-state index is 0.244. The molecule has 0 aliphatic carbocycles. The molecule has 1 aliphatic heterocycles. The largest absolute Gasteiger partial charge is 0.487 e. The number of aryl methyl sites for hydroxylation is 1. The standard InChI is InChI=1S/C23H22ClN3O3/c1-23(12-10-20(28)25-22(23)29)19-5-3-4-18(21(19)24)15-6-8-17(9-7-15)30-14-16-11-13-27(2)26-16/h3-9,11,13H,10,12,14H2,1-2H3,(H,25,28,29)/t23-/m1/s1. The molecule has 6 nitrogen and oxygen atoms in total. The lowest BCUT2D eigenvalue weighted by Crippen LogP contribution is -2.49. The number of carbonyl (C=O) groups is 2. The van der Waals surface area contributed by atoms with Crippen LogP contribution in [0.3, 0.4) is 0 Å². The van der Waals surface area contributed by atoms with Crippen LogP contribution in [0, 0.1) is 0 Å². The smallest absolute Gasteiger partial charge is 0.236 e. The van der Waals surface area contributed by atoms with E-state index in [0.29, 0.717) is 24.5 Å². The van der Waals surface area contributed by atoms with E-state index in [9.17, 15) is 9.59 Å². The van der Waals surface area contributed by atoms with Crippen molar-refractivity contribution in [3.05, 3.63) is 71.0 Å². The van der Waals surface area contributed by atoms with E-state index in [1.54, 1.807) is 4.68 Å². The van der Waals surface area contributed by atoms with Crippen LogP contribution in [-0.4, -0.2) is 21.6 Å².